The van der Waals surface area contributed by atoms with Crippen molar-refractivity contribution in [3.8, 4) is 0 Å². The number of ketones is 1. The maximum absolute atomic E-state index is 10.4. The zero-order valence-electron chi connectivity index (χ0n) is 6.83. The van der Waals surface area contributed by atoms with Gasteiger partial charge in [-0.05, 0) is 19.4 Å². The van der Waals surface area contributed by atoms with Crippen molar-refractivity contribution in [2.45, 2.75) is 20.3 Å². The Morgan fingerprint density at radius 1 is 1.36 bits per heavy atom. The molecule has 0 heterocycles. The Kier molecular flexibility index (Phi) is 4.99. The minimum absolute atomic E-state index is 0.124. The van der Waals surface area contributed by atoms with Gasteiger partial charge in [0.25, 0.3) is 0 Å². The Balaban J connectivity index is 3.76. The molecule has 0 unspecified atom stereocenters. The fourth-order valence-electron chi connectivity index (χ4n) is 0.493. The van der Waals surface area contributed by atoms with Crippen molar-refractivity contribution in [2.75, 3.05) is 0 Å². The number of hydrogen-bond donors (Lipinski definition) is 0. The van der Waals surface area contributed by atoms with Gasteiger partial charge in [0.1, 0.15) is 12.1 Å². The molecule has 0 spiro atoms. The predicted octanol–water partition coefficient (Wildman–Crippen LogP) is 1.67. The minimum atomic E-state index is 0.124. The molecule has 60 valence electrons. The van der Waals surface area contributed by atoms with Gasteiger partial charge >= 0.3 is 0 Å². The Bertz CT molecular complexity index is 200. The van der Waals surface area contributed by atoms with E-state index in [2.05, 4.69) is 0 Å². The van der Waals surface area contributed by atoms with E-state index in [1.807, 2.05) is 0 Å². The molecule has 0 rings (SSSR count). The van der Waals surface area contributed by atoms with Crippen LogP contribution < -0.4 is 0 Å². The molecule has 0 aliphatic carbocycles. The van der Waals surface area contributed by atoms with Crippen molar-refractivity contribution in [2.24, 2.45) is 0 Å². The summed E-state index contributed by atoms with van der Waals surface area (Å²) >= 11 is 0. The summed E-state index contributed by atoms with van der Waals surface area (Å²) in [6.45, 7) is 3.24. The van der Waals surface area contributed by atoms with E-state index in [9.17, 15) is 9.59 Å². The highest BCUT2D eigenvalue weighted by Gasteiger charge is 1.84. The second kappa shape index (κ2) is 5.59. The van der Waals surface area contributed by atoms with Crippen LogP contribution >= 0.6 is 0 Å². The van der Waals surface area contributed by atoms with Crippen molar-refractivity contribution < 1.29 is 9.59 Å². The predicted molar refractivity (Wildman–Crippen MR) is 44.3 cm³/mol. The lowest BCUT2D eigenvalue weighted by Gasteiger charge is -1.82. The normalized spacial score (nSPS) is 12.0. The molecule has 0 saturated carbocycles. The third-order valence-corrected chi connectivity index (χ3v) is 1.09. The van der Waals surface area contributed by atoms with E-state index in [4.69, 9.17) is 0 Å². The zero-order chi connectivity index (χ0) is 8.69. The number of allylic oxidation sites excluding steroid dienone is 4. The molecule has 0 radical (unpaired) electrons. The van der Waals surface area contributed by atoms with E-state index in [-0.39, 0.29) is 5.78 Å². The number of rotatable bonds is 4. The summed E-state index contributed by atoms with van der Waals surface area (Å²) < 4.78 is 0. The molecule has 0 aliphatic rings. The summed E-state index contributed by atoms with van der Waals surface area (Å²) in [5.74, 6) is 0.124. The van der Waals surface area contributed by atoms with Crippen molar-refractivity contribution in [3.05, 3.63) is 23.8 Å². The highest BCUT2D eigenvalue weighted by Crippen LogP contribution is 1.89. The van der Waals surface area contributed by atoms with Crippen LogP contribution in [-0.4, -0.2) is 12.1 Å². The van der Waals surface area contributed by atoms with Crippen LogP contribution in [0.1, 0.15) is 20.3 Å². The van der Waals surface area contributed by atoms with E-state index in [1.54, 1.807) is 25.2 Å². The molecule has 2 nitrogen and oxygen atoms in total. The molecule has 0 bridgehead atoms. The maximum Gasteiger partial charge on any atom is 0.145 e. The van der Waals surface area contributed by atoms with Crippen LogP contribution in [-0.2, 0) is 9.59 Å². The van der Waals surface area contributed by atoms with Crippen LogP contribution in [0, 0.1) is 0 Å². The first kappa shape index (κ1) is 9.82. The van der Waals surface area contributed by atoms with Crippen LogP contribution in [0.3, 0.4) is 0 Å². The van der Waals surface area contributed by atoms with Gasteiger partial charge in [0, 0.05) is 6.42 Å². The van der Waals surface area contributed by atoms with Crippen molar-refractivity contribution in [3.63, 3.8) is 0 Å². The van der Waals surface area contributed by atoms with Gasteiger partial charge in [-0.15, -0.1) is 0 Å². The molecule has 0 aromatic rings. The number of aldehydes is 1. The molecule has 0 saturated heterocycles. The minimum Gasteiger partial charge on any atom is -0.300 e. The van der Waals surface area contributed by atoms with Gasteiger partial charge < -0.3 is 0 Å². The van der Waals surface area contributed by atoms with E-state index < -0.39 is 0 Å². The third-order valence-electron chi connectivity index (χ3n) is 1.09. The lowest BCUT2D eigenvalue weighted by molar-refractivity contribution is -0.116. The van der Waals surface area contributed by atoms with Crippen LogP contribution in [0.25, 0.3) is 0 Å². The molecule has 0 aliphatic heterocycles. The monoisotopic (exact) mass is 152 g/mol. The fraction of sp³-hybridized carbons (Fsp3) is 0.333. The second-order valence-corrected chi connectivity index (χ2v) is 2.36. The molecule has 0 amide bonds. The fourth-order valence-corrected chi connectivity index (χ4v) is 0.493. The Labute approximate surface area is 66.6 Å². The molecule has 0 N–H and O–H groups in total. The summed E-state index contributed by atoms with van der Waals surface area (Å²) in [5.41, 5.74) is 0.657. The van der Waals surface area contributed by atoms with Gasteiger partial charge in [-0.25, -0.2) is 0 Å². The van der Waals surface area contributed by atoms with Gasteiger partial charge in [0.15, 0.2) is 0 Å². The number of Topliss-reactive ketones (excluding diaryl/α,β-unsaturated/α-hetero) is 1. The first-order valence-corrected chi connectivity index (χ1v) is 3.45. The van der Waals surface area contributed by atoms with E-state index in [0.717, 1.165) is 6.29 Å². The van der Waals surface area contributed by atoms with Crippen LogP contribution in [0.4, 0.5) is 0 Å². The SMILES string of the molecule is CC(=O)C/C=C/C=C(\C)C=O. The molecule has 0 aromatic heterocycles. The summed E-state index contributed by atoms with van der Waals surface area (Å²) in [6.07, 6.45) is 6.33. The smallest absolute Gasteiger partial charge is 0.145 e. The molecule has 0 aromatic carbocycles. The number of carbonyl (C=O) groups excluding carboxylic acids is 2. The van der Waals surface area contributed by atoms with Crippen LogP contribution in [0.2, 0.25) is 0 Å². The highest BCUT2D eigenvalue weighted by atomic mass is 16.1. The van der Waals surface area contributed by atoms with E-state index in [1.165, 1.54) is 6.92 Å². The maximum atomic E-state index is 10.4. The summed E-state index contributed by atoms with van der Waals surface area (Å²) in [6, 6.07) is 0. The average molecular weight is 152 g/mol. The van der Waals surface area contributed by atoms with Crippen LogP contribution in [0.5, 0.6) is 0 Å². The summed E-state index contributed by atoms with van der Waals surface area (Å²) in [7, 11) is 0. The second-order valence-electron chi connectivity index (χ2n) is 2.36. The van der Waals surface area contributed by atoms with Gasteiger partial charge in [0.2, 0.25) is 0 Å². The quantitative estimate of drug-likeness (QED) is 0.349. The largest absolute Gasteiger partial charge is 0.300 e. The number of hydrogen-bond acceptors (Lipinski definition) is 2. The Hall–Kier alpha value is -1.18. The molecule has 0 atom stereocenters. The first-order valence-electron chi connectivity index (χ1n) is 3.45. The standard InChI is InChI=1S/C9H12O2/c1-8(7-10)5-3-4-6-9(2)11/h3-5,7H,6H2,1-2H3/b4-3+,8-5+. The average Bonchev–Trinajstić information content (AvgIpc) is 1.97. The van der Waals surface area contributed by atoms with Crippen molar-refractivity contribution >= 4 is 12.1 Å². The Morgan fingerprint density at radius 3 is 2.45 bits per heavy atom. The Morgan fingerprint density at radius 2 is 2.00 bits per heavy atom. The lowest BCUT2D eigenvalue weighted by atomic mass is 10.2. The van der Waals surface area contributed by atoms with Gasteiger partial charge in [-0.1, -0.05) is 18.2 Å². The first-order chi connectivity index (χ1) is 5.16. The van der Waals surface area contributed by atoms with Crippen molar-refractivity contribution in [1.29, 1.82) is 0 Å². The van der Waals surface area contributed by atoms with E-state index >= 15 is 0 Å². The third kappa shape index (κ3) is 6.71. The van der Waals surface area contributed by atoms with E-state index in [0.29, 0.717) is 12.0 Å². The number of carbonyl (C=O) groups is 2. The van der Waals surface area contributed by atoms with Crippen molar-refractivity contribution in [1.82, 2.24) is 0 Å². The van der Waals surface area contributed by atoms with Gasteiger partial charge in [0.05, 0.1) is 0 Å². The van der Waals surface area contributed by atoms with Gasteiger partial charge in [-0.2, -0.15) is 0 Å². The molecule has 0 fully saturated rings. The molecule has 2 heteroatoms. The molecular weight excluding hydrogens is 140 g/mol. The van der Waals surface area contributed by atoms with Crippen LogP contribution in [0.15, 0.2) is 23.8 Å². The molecular formula is C9H12O2. The molecule has 11 heavy (non-hydrogen) atoms. The lowest BCUT2D eigenvalue weighted by Crippen LogP contribution is -1.83. The highest BCUT2D eigenvalue weighted by molar-refractivity contribution is 5.77. The van der Waals surface area contributed by atoms with Gasteiger partial charge in [-0.3, -0.25) is 9.59 Å². The zero-order valence-corrected chi connectivity index (χ0v) is 6.83. The summed E-state index contributed by atoms with van der Waals surface area (Å²) in [4.78, 5) is 20.5. The topological polar surface area (TPSA) is 34.1 Å². The summed E-state index contributed by atoms with van der Waals surface area (Å²) in [5, 5.41) is 0.